The number of amides is 2. The molecule has 6 heterocycles. The zero-order valence-electron chi connectivity index (χ0n) is 33.0. The van der Waals surface area contributed by atoms with Crippen molar-refractivity contribution in [1.82, 2.24) is 20.1 Å². The van der Waals surface area contributed by atoms with Gasteiger partial charge in [0.1, 0.15) is 23.6 Å². The first-order valence-corrected chi connectivity index (χ1v) is 21.1. The monoisotopic (exact) mass is 791 g/mol. The number of carbonyl (C=O) groups excluding carboxylic acids is 3. The number of hydrogen-bond acceptors (Lipinski definition) is 10. The number of nitrogens with one attached hydrogen (secondary N) is 2. The van der Waals surface area contributed by atoms with E-state index in [1.165, 1.54) is 0 Å². The summed E-state index contributed by atoms with van der Waals surface area (Å²) in [6.45, 7) is 11.9. The lowest BCUT2D eigenvalue weighted by Gasteiger charge is -2.40. The molecule has 5 aliphatic heterocycles. The van der Waals surface area contributed by atoms with E-state index in [9.17, 15) is 19.6 Å². The van der Waals surface area contributed by atoms with Gasteiger partial charge in [-0.15, -0.1) is 0 Å². The summed E-state index contributed by atoms with van der Waals surface area (Å²) in [6.07, 6.45) is 8.98. The Morgan fingerprint density at radius 1 is 0.965 bits per heavy atom. The normalized spacial score (nSPS) is 24.3. The number of pyridine rings is 1. The van der Waals surface area contributed by atoms with E-state index in [4.69, 9.17) is 11.6 Å². The molecule has 2 aromatic carbocycles. The van der Waals surface area contributed by atoms with Crippen molar-refractivity contribution in [2.45, 2.75) is 63.5 Å². The van der Waals surface area contributed by atoms with Crippen LogP contribution in [0.15, 0.2) is 60.8 Å². The second kappa shape index (κ2) is 16.5. The summed E-state index contributed by atoms with van der Waals surface area (Å²) in [4.78, 5) is 53.6. The van der Waals surface area contributed by atoms with E-state index in [1.54, 1.807) is 0 Å². The van der Waals surface area contributed by atoms with E-state index in [-0.39, 0.29) is 17.2 Å². The third-order valence-electron chi connectivity index (χ3n) is 13.3. The molecule has 1 spiro atoms. The average molecular weight is 792 g/mol. The van der Waals surface area contributed by atoms with Crippen molar-refractivity contribution in [3.63, 3.8) is 0 Å². The van der Waals surface area contributed by atoms with Gasteiger partial charge in [0.05, 0.1) is 22.5 Å². The highest BCUT2D eigenvalue weighted by molar-refractivity contribution is 6.32. The molecule has 5 saturated heterocycles. The first kappa shape index (κ1) is 39.0. The first-order valence-electron chi connectivity index (χ1n) is 20.7. The van der Waals surface area contributed by atoms with E-state index in [0.717, 1.165) is 127 Å². The number of likely N-dealkylation sites (tertiary alicyclic amines) is 1. The number of piperazine rings is 1. The number of benzene rings is 2. The molecule has 0 radical (unpaired) electrons. The van der Waals surface area contributed by atoms with Crippen LogP contribution in [0.2, 0.25) is 5.02 Å². The molecule has 12 nitrogen and oxygen atoms in total. The minimum atomic E-state index is -0.768. The van der Waals surface area contributed by atoms with Crippen LogP contribution in [0.1, 0.15) is 67.9 Å². The SMILES string of the molecule is C[C@H]1CC2(CCN(c3ccc(C(=O)N4CCC(CN5CCN(c6cccc(N[C@@]7(C=O)CCC(=O)NC7)c6)CC5)CC4)nc3)CC2)CN1c1ccc(C#N)c(Cl)c1. The fourth-order valence-corrected chi connectivity index (χ4v) is 10.1. The Hall–Kier alpha value is -4.86. The molecule has 300 valence electrons. The van der Waals surface area contributed by atoms with Crippen LogP contribution in [0.5, 0.6) is 0 Å². The molecule has 0 aliphatic carbocycles. The van der Waals surface area contributed by atoms with Crippen LogP contribution < -0.4 is 25.3 Å². The van der Waals surface area contributed by atoms with E-state index in [2.05, 4.69) is 66.4 Å². The Morgan fingerprint density at radius 3 is 2.39 bits per heavy atom. The van der Waals surface area contributed by atoms with Crippen LogP contribution in [0.4, 0.5) is 22.7 Å². The van der Waals surface area contributed by atoms with Crippen LogP contribution in [-0.4, -0.2) is 116 Å². The van der Waals surface area contributed by atoms with Crippen LogP contribution in [-0.2, 0) is 9.59 Å². The molecule has 1 aromatic heterocycles. The fourth-order valence-electron chi connectivity index (χ4n) is 9.85. The number of anilines is 4. The zero-order valence-corrected chi connectivity index (χ0v) is 33.7. The minimum Gasteiger partial charge on any atom is -0.372 e. The fraction of sp³-hybridized carbons (Fsp3) is 0.523. The first-order chi connectivity index (χ1) is 27.6. The number of rotatable bonds is 9. The Balaban J connectivity index is 0.766. The molecule has 0 saturated carbocycles. The second-order valence-electron chi connectivity index (χ2n) is 17.1. The molecular formula is C44H54ClN9O3. The van der Waals surface area contributed by atoms with Gasteiger partial charge in [-0.1, -0.05) is 17.7 Å². The van der Waals surface area contributed by atoms with Gasteiger partial charge in [0, 0.05) is 102 Å². The Labute approximate surface area is 341 Å². The van der Waals surface area contributed by atoms with Crippen molar-refractivity contribution in [1.29, 1.82) is 5.26 Å². The van der Waals surface area contributed by atoms with Crippen LogP contribution in [0, 0.1) is 22.7 Å². The van der Waals surface area contributed by atoms with Crippen molar-refractivity contribution in [2.75, 3.05) is 92.0 Å². The van der Waals surface area contributed by atoms with Gasteiger partial charge in [-0.2, -0.15) is 5.26 Å². The highest BCUT2D eigenvalue weighted by Gasteiger charge is 2.44. The van der Waals surface area contributed by atoms with E-state index < -0.39 is 5.54 Å². The standard InChI is InChI=1S/C44H54ClN9O3/c1-32-25-43(30-54(32)37-6-5-34(26-46)39(45)24-37)13-17-51(18-14-43)38-7-8-40(47-27-38)42(57)53-15-10-33(11-16-53)28-50-19-21-52(22-20-50)36-4-2-3-35(23-36)49-44(31-55)12-9-41(56)48-29-44/h2-8,23-24,27,31-33,49H,9-22,25,28-30H2,1H3,(H,48,56)/t32-,44-/m0/s1. The Morgan fingerprint density at radius 2 is 1.72 bits per heavy atom. The van der Waals surface area contributed by atoms with Crippen molar-refractivity contribution in [2.24, 2.45) is 11.3 Å². The van der Waals surface area contributed by atoms with E-state index in [0.29, 0.717) is 47.6 Å². The third kappa shape index (κ3) is 8.56. The summed E-state index contributed by atoms with van der Waals surface area (Å²) in [6, 6.07) is 20.6. The molecule has 57 heavy (non-hydrogen) atoms. The summed E-state index contributed by atoms with van der Waals surface area (Å²) in [5.41, 5.74) is 4.72. The van der Waals surface area contributed by atoms with Crippen molar-refractivity contribution >= 4 is 52.5 Å². The molecule has 0 unspecified atom stereocenters. The van der Waals surface area contributed by atoms with Crippen LogP contribution in [0.3, 0.4) is 0 Å². The molecule has 8 rings (SSSR count). The maximum absolute atomic E-state index is 13.5. The largest absolute Gasteiger partial charge is 0.372 e. The smallest absolute Gasteiger partial charge is 0.272 e. The predicted molar refractivity (Wildman–Crippen MR) is 224 cm³/mol. The van der Waals surface area contributed by atoms with E-state index >= 15 is 0 Å². The van der Waals surface area contributed by atoms with Gasteiger partial charge in [-0.05, 0) is 105 Å². The Bertz CT molecular complexity index is 1970. The quantitative estimate of drug-likeness (QED) is 0.271. The van der Waals surface area contributed by atoms with Gasteiger partial charge >= 0.3 is 0 Å². The topological polar surface area (TPSA) is 128 Å². The van der Waals surface area contributed by atoms with Gasteiger partial charge in [-0.25, -0.2) is 4.98 Å². The summed E-state index contributed by atoms with van der Waals surface area (Å²) < 4.78 is 0. The highest BCUT2D eigenvalue weighted by Crippen LogP contribution is 2.46. The van der Waals surface area contributed by atoms with Gasteiger partial charge in [0.2, 0.25) is 5.91 Å². The maximum Gasteiger partial charge on any atom is 0.272 e. The van der Waals surface area contributed by atoms with Gasteiger partial charge in [0.25, 0.3) is 5.91 Å². The molecular weight excluding hydrogens is 738 g/mol. The van der Waals surface area contributed by atoms with Crippen LogP contribution >= 0.6 is 11.6 Å². The lowest BCUT2D eigenvalue weighted by molar-refractivity contribution is -0.124. The summed E-state index contributed by atoms with van der Waals surface area (Å²) in [5.74, 6) is 0.583. The summed E-state index contributed by atoms with van der Waals surface area (Å²) >= 11 is 6.38. The lowest BCUT2D eigenvalue weighted by Crippen LogP contribution is -2.54. The number of halogens is 1. The number of piperidine rings is 3. The number of aromatic nitrogens is 1. The van der Waals surface area contributed by atoms with E-state index in [1.807, 2.05) is 47.5 Å². The summed E-state index contributed by atoms with van der Waals surface area (Å²) in [5, 5.41) is 16.0. The number of hydrogen-bond donors (Lipinski definition) is 2. The molecule has 2 amide bonds. The average Bonchev–Trinajstić information content (AvgIpc) is 3.57. The van der Waals surface area contributed by atoms with Gasteiger partial charge in [0.15, 0.2) is 0 Å². The van der Waals surface area contributed by atoms with Crippen molar-refractivity contribution < 1.29 is 14.4 Å². The molecule has 2 N–H and O–H groups in total. The molecule has 13 heteroatoms. The van der Waals surface area contributed by atoms with Gasteiger partial charge < -0.3 is 35.0 Å². The number of carbonyl (C=O) groups is 3. The molecule has 3 aromatic rings. The number of nitrogens with zero attached hydrogens (tertiary/aromatic N) is 7. The molecule has 2 atom stereocenters. The second-order valence-corrected chi connectivity index (χ2v) is 17.5. The lowest BCUT2D eigenvalue weighted by atomic mass is 9.76. The predicted octanol–water partition coefficient (Wildman–Crippen LogP) is 5.43. The van der Waals surface area contributed by atoms with Gasteiger partial charge in [-0.3, -0.25) is 14.5 Å². The maximum atomic E-state index is 13.5. The molecule has 5 fully saturated rings. The summed E-state index contributed by atoms with van der Waals surface area (Å²) in [7, 11) is 0. The number of nitriles is 1. The molecule has 0 bridgehead atoms. The Kier molecular flexibility index (Phi) is 11.3. The van der Waals surface area contributed by atoms with Crippen molar-refractivity contribution in [3.05, 3.63) is 77.1 Å². The number of aldehydes is 1. The molecule has 5 aliphatic rings. The van der Waals surface area contributed by atoms with Crippen molar-refractivity contribution in [3.8, 4) is 6.07 Å². The minimum absolute atomic E-state index is 0.0113. The zero-order chi connectivity index (χ0) is 39.6. The highest BCUT2D eigenvalue weighted by atomic mass is 35.5. The van der Waals surface area contributed by atoms with Crippen LogP contribution in [0.25, 0.3) is 0 Å². The third-order valence-corrected chi connectivity index (χ3v) is 13.7.